The van der Waals surface area contributed by atoms with Gasteiger partial charge in [0.15, 0.2) is 0 Å². The summed E-state index contributed by atoms with van der Waals surface area (Å²) in [5.74, 6) is 0. The molecule has 0 aliphatic carbocycles. The highest BCUT2D eigenvalue weighted by Crippen LogP contribution is 2.39. The van der Waals surface area contributed by atoms with Gasteiger partial charge in [-0.05, 0) is 18.2 Å². The van der Waals surface area contributed by atoms with Crippen molar-refractivity contribution in [3.05, 3.63) is 56.7 Å². The summed E-state index contributed by atoms with van der Waals surface area (Å²) in [6.07, 6.45) is 3.50. The SMILES string of the molecule is Sc1cc(Cl)c(Cl)c(Cl)c1Cl.c1ccncc1. The van der Waals surface area contributed by atoms with E-state index in [0.29, 0.717) is 14.9 Å². The van der Waals surface area contributed by atoms with Gasteiger partial charge in [-0.2, -0.15) is 0 Å². The molecule has 2 aromatic rings. The van der Waals surface area contributed by atoms with Crippen LogP contribution in [0.2, 0.25) is 20.1 Å². The predicted octanol–water partition coefficient (Wildman–Crippen LogP) is 5.67. The first kappa shape index (κ1) is 14.9. The van der Waals surface area contributed by atoms with E-state index >= 15 is 0 Å². The Hall–Kier alpha value is -0.120. The smallest absolute Gasteiger partial charge is 0.0805 e. The highest BCUT2D eigenvalue weighted by molar-refractivity contribution is 7.80. The molecule has 0 aliphatic rings. The molecule has 0 bridgehead atoms. The molecule has 0 saturated heterocycles. The molecule has 90 valence electrons. The molecule has 1 aromatic heterocycles. The summed E-state index contributed by atoms with van der Waals surface area (Å²) in [7, 11) is 0. The van der Waals surface area contributed by atoms with Crippen LogP contribution in [0, 0.1) is 0 Å². The lowest BCUT2D eigenvalue weighted by molar-refractivity contribution is 1.33. The van der Waals surface area contributed by atoms with E-state index in [1.165, 1.54) is 0 Å². The minimum absolute atomic E-state index is 0.242. The quantitative estimate of drug-likeness (QED) is 0.374. The van der Waals surface area contributed by atoms with Gasteiger partial charge in [-0.3, -0.25) is 4.98 Å². The van der Waals surface area contributed by atoms with Gasteiger partial charge >= 0.3 is 0 Å². The molecule has 1 heterocycles. The first-order valence-corrected chi connectivity index (χ1v) is 6.37. The monoisotopic (exact) mass is 325 g/mol. The van der Waals surface area contributed by atoms with Crippen LogP contribution in [-0.2, 0) is 0 Å². The third-order valence-corrected chi connectivity index (χ3v) is 3.89. The summed E-state index contributed by atoms with van der Waals surface area (Å²) in [4.78, 5) is 4.30. The second kappa shape index (κ2) is 7.34. The summed E-state index contributed by atoms with van der Waals surface area (Å²) < 4.78 is 0. The normalized spacial score (nSPS) is 9.47. The Labute approximate surface area is 125 Å². The Morgan fingerprint density at radius 1 is 0.824 bits per heavy atom. The van der Waals surface area contributed by atoms with Gasteiger partial charge in [-0.25, -0.2) is 0 Å². The van der Waals surface area contributed by atoms with E-state index in [4.69, 9.17) is 46.4 Å². The molecule has 17 heavy (non-hydrogen) atoms. The standard InChI is InChI=1S/C6H2Cl4S.C5H5N/c7-2-1-3(11)5(9)6(10)4(2)8;1-2-4-6-5-3-1/h1,11H;1-5H. The number of hydrogen-bond donors (Lipinski definition) is 1. The second-order valence-corrected chi connectivity index (χ2v) is 4.87. The Balaban J connectivity index is 0.000000202. The van der Waals surface area contributed by atoms with Crippen LogP contribution in [0.3, 0.4) is 0 Å². The van der Waals surface area contributed by atoms with Crippen LogP contribution >= 0.6 is 59.0 Å². The summed E-state index contributed by atoms with van der Waals surface area (Å²) in [6, 6.07) is 7.26. The molecule has 0 spiro atoms. The summed E-state index contributed by atoms with van der Waals surface area (Å²) in [6.45, 7) is 0. The van der Waals surface area contributed by atoms with Gasteiger partial charge in [-0.1, -0.05) is 52.5 Å². The van der Waals surface area contributed by atoms with Gasteiger partial charge in [-0.15, -0.1) is 12.6 Å². The lowest BCUT2D eigenvalue weighted by Gasteiger charge is -2.03. The molecular formula is C11H7Cl4NS. The fourth-order valence-electron chi connectivity index (χ4n) is 0.873. The van der Waals surface area contributed by atoms with Crippen LogP contribution in [-0.4, -0.2) is 4.98 Å². The molecule has 0 atom stereocenters. The Morgan fingerprint density at radius 2 is 1.41 bits per heavy atom. The largest absolute Gasteiger partial charge is 0.265 e. The maximum Gasteiger partial charge on any atom is 0.0805 e. The average molecular weight is 327 g/mol. The molecule has 2 rings (SSSR count). The number of halogens is 4. The number of benzene rings is 1. The van der Waals surface area contributed by atoms with Crippen LogP contribution < -0.4 is 0 Å². The number of thiol groups is 1. The molecule has 0 fully saturated rings. The molecule has 0 amide bonds. The molecule has 0 unspecified atom stereocenters. The lowest BCUT2D eigenvalue weighted by Crippen LogP contribution is -1.76. The predicted molar refractivity (Wildman–Crippen MR) is 78.0 cm³/mol. The lowest BCUT2D eigenvalue weighted by atomic mass is 10.3. The van der Waals surface area contributed by atoms with Gasteiger partial charge in [0, 0.05) is 17.3 Å². The van der Waals surface area contributed by atoms with E-state index in [0.717, 1.165) is 0 Å². The molecule has 1 aromatic carbocycles. The first-order chi connectivity index (χ1) is 8.04. The summed E-state index contributed by atoms with van der Waals surface area (Å²) in [5, 5.41) is 1.18. The fourth-order valence-corrected chi connectivity index (χ4v) is 2.06. The van der Waals surface area contributed by atoms with Gasteiger partial charge in [0.1, 0.15) is 0 Å². The highest BCUT2D eigenvalue weighted by Gasteiger charge is 2.10. The van der Waals surface area contributed by atoms with E-state index in [2.05, 4.69) is 17.6 Å². The molecule has 1 nitrogen and oxygen atoms in total. The van der Waals surface area contributed by atoms with Crippen molar-refractivity contribution in [2.75, 3.05) is 0 Å². The zero-order valence-corrected chi connectivity index (χ0v) is 12.3. The summed E-state index contributed by atoms with van der Waals surface area (Å²) in [5.41, 5.74) is 0. The van der Waals surface area contributed by atoms with E-state index < -0.39 is 0 Å². The van der Waals surface area contributed by atoms with Crippen LogP contribution in [0.25, 0.3) is 0 Å². The van der Waals surface area contributed by atoms with Crippen molar-refractivity contribution in [1.29, 1.82) is 0 Å². The zero-order chi connectivity index (χ0) is 12.8. The molecule has 0 N–H and O–H groups in total. The van der Waals surface area contributed by atoms with Crippen LogP contribution in [0.1, 0.15) is 0 Å². The van der Waals surface area contributed by atoms with Crippen molar-refractivity contribution >= 4 is 59.0 Å². The fraction of sp³-hybridized carbons (Fsp3) is 0. The van der Waals surface area contributed by atoms with Crippen molar-refractivity contribution in [1.82, 2.24) is 4.98 Å². The third kappa shape index (κ3) is 4.57. The van der Waals surface area contributed by atoms with Crippen molar-refractivity contribution in [2.24, 2.45) is 0 Å². The molecule has 0 saturated carbocycles. The number of pyridine rings is 1. The van der Waals surface area contributed by atoms with Gasteiger partial charge in [0.2, 0.25) is 0 Å². The number of hydrogen-bond acceptors (Lipinski definition) is 2. The van der Waals surface area contributed by atoms with Crippen LogP contribution in [0.4, 0.5) is 0 Å². The second-order valence-electron chi connectivity index (χ2n) is 2.84. The molecule has 0 radical (unpaired) electrons. The number of rotatable bonds is 0. The topological polar surface area (TPSA) is 12.9 Å². The zero-order valence-electron chi connectivity index (χ0n) is 8.37. The van der Waals surface area contributed by atoms with Crippen molar-refractivity contribution in [2.45, 2.75) is 4.90 Å². The third-order valence-electron chi connectivity index (χ3n) is 1.65. The summed E-state index contributed by atoms with van der Waals surface area (Å²) >= 11 is 26.8. The van der Waals surface area contributed by atoms with Gasteiger partial charge < -0.3 is 0 Å². The average Bonchev–Trinajstić information content (AvgIpc) is 2.37. The van der Waals surface area contributed by atoms with E-state index in [1.807, 2.05) is 18.2 Å². The molecular weight excluding hydrogens is 320 g/mol. The van der Waals surface area contributed by atoms with Gasteiger partial charge in [0.25, 0.3) is 0 Å². The number of nitrogens with zero attached hydrogens (tertiary/aromatic N) is 1. The maximum absolute atomic E-state index is 5.70. The maximum atomic E-state index is 5.70. The molecule has 6 heteroatoms. The minimum atomic E-state index is 0.242. The minimum Gasteiger partial charge on any atom is -0.265 e. The number of aromatic nitrogens is 1. The Bertz CT molecular complexity index is 438. The van der Waals surface area contributed by atoms with Crippen molar-refractivity contribution in [3.8, 4) is 0 Å². The van der Waals surface area contributed by atoms with E-state index in [-0.39, 0.29) is 10.0 Å². The van der Waals surface area contributed by atoms with Gasteiger partial charge in [0.05, 0.1) is 20.1 Å². The van der Waals surface area contributed by atoms with E-state index in [1.54, 1.807) is 18.5 Å². The van der Waals surface area contributed by atoms with Crippen molar-refractivity contribution < 1.29 is 0 Å². The highest BCUT2D eigenvalue weighted by atomic mass is 35.5. The first-order valence-electron chi connectivity index (χ1n) is 4.41. The van der Waals surface area contributed by atoms with Crippen LogP contribution in [0.15, 0.2) is 41.6 Å². The van der Waals surface area contributed by atoms with Crippen LogP contribution in [0.5, 0.6) is 0 Å². The Kier molecular flexibility index (Phi) is 6.45. The van der Waals surface area contributed by atoms with E-state index in [9.17, 15) is 0 Å². The van der Waals surface area contributed by atoms with Crippen molar-refractivity contribution in [3.63, 3.8) is 0 Å². The Morgan fingerprint density at radius 3 is 1.82 bits per heavy atom. The molecule has 0 aliphatic heterocycles.